The molecule has 0 radical (unpaired) electrons. The fourth-order valence-corrected chi connectivity index (χ4v) is 3.65. The highest BCUT2D eigenvalue weighted by Gasteiger charge is 2.32. The van der Waals surface area contributed by atoms with Crippen molar-refractivity contribution < 1.29 is 9.26 Å². The molecule has 0 saturated carbocycles. The molecule has 152 valence electrons. The molecule has 8 heteroatoms. The van der Waals surface area contributed by atoms with Gasteiger partial charge in [-0.3, -0.25) is 0 Å². The van der Waals surface area contributed by atoms with E-state index in [1.165, 1.54) is 0 Å². The van der Waals surface area contributed by atoms with Crippen LogP contribution >= 0.6 is 11.8 Å². The van der Waals surface area contributed by atoms with Crippen LogP contribution in [0.1, 0.15) is 38.6 Å². The Kier molecular flexibility index (Phi) is 5.58. The molecule has 0 amide bonds. The van der Waals surface area contributed by atoms with Gasteiger partial charge in [-0.2, -0.15) is 4.98 Å². The van der Waals surface area contributed by atoms with Crippen molar-refractivity contribution in [3.8, 4) is 17.1 Å². The van der Waals surface area contributed by atoms with E-state index in [4.69, 9.17) is 26.8 Å². The molecule has 1 aliphatic rings. The molecular weight excluding hydrogens is 390 g/mol. The average Bonchev–Trinajstić information content (AvgIpc) is 3.40. The Labute approximate surface area is 174 Å². The number of guanidine groups is 1. The van der Waals surface area contributed by atoms with Crippen molar-refractivity contribution in [2.45, 2.75) is 32.7 Å². The van der Waals surface area contributed by atoms with Crippen LogP contribution in [0.4, 0.5) is 0 Å². The zero-order valence-electron chi connectivity index (χ0n) is 16.5. The number of rotatable bonds is 5. The molecule has 29 heavy (non-hydrogen) atoms. The van der Waals surface area contributed by atoms with Crippen molar-refractivity contribution in [1.29, 1.82) is 0 Å². The van der Waals surface area contributed by atoms with Gasteiger partial charge in [0.2, 0.25) is 17.7 Å². The maximum absolute atomic E-state index is 5.88. The number of hydrogen-bond acceptors (Lipinski definition) is 5. The number of hydrogen-bond donors (Lipinski definition) is 1. The molecule has 0 aliphatic carbocycles. The summed E-state index contributed by atoms with van der Waals surface area (Å²) in [6.07, 6.45) is 1.83. The lowest BCUT2D eigenvalue weighted by atomic mass is 10.1. The van der Waals surface area contributed by atoms with Gasteiger partial charge >= 0.3 is 0 Å². The number of nitrogens with two attached hydrogens (primary N) is 1. The Balaban J connectivity index is 1.56. The van der Waals surface area contributed by atoms with Crippen molar-refractivity contribution in [3.63, 3.8) is 0 Å². The molecule has 2 heterocycles. The first-order chi connectivity index (χ1) is 14.0. The number of ether oxygens (including phenoxy) is 1. The summed E-state index contributed by atoms with van der Waals surface area (Å²) in [5.41, 5.74) is 6.78. The molecule has 1 aromatic heterocycles. The first kappa shape index (κ1) is 19.5. The highest BCUT2D eigenvalue weighted by atomic mass is 35.5. The predicted molar refractivity (Wildman–Crippen MR) is 114 cm³/mol. The van der Waals surface area contributed by atoms with Gasteiger partial charge in [-0.05, 0) is 47.7 Å². The molecule has 0 bridgehead atoms. The molecule has 4 rings (SSSR count). The summed E-state index contributed by atoms with van der Waals surface area (Å²) in [5, 5.41) is 6.37. The van der Waals surface area contributed by atoms with Crippen molar-refractivity contribution in [3.05, 3.63) is 42.3 Å². The minimum atomic E-state index is -0.0973. The minimum Gasteiger partial charge on any atom is -0.493 e. The van der Waals surface area contributed by atoms with Crippen LogP contribution in [0.2, 0.25) is 0 Å². The van der Waals surface area contributed by atoms with Crippen LogP contribution in [0, 0.1) is 5.92 Å². The Hall–Kier alpha value is -2.80. The van der Waals surface area contributed by atoms with E-state index in [0.29, 0.717) is 24.2 Å². The molecule has 2 aromatic carbocycles. The van der Waals surface area contributed by atoms with Crippen molar-refractivity contribution in [2.75, 3.05) is 13.2 Å². The lowest BCUT2D eigenvalue weighted by Gasteiger charge is -2.21. The quantitative estimate of drug-likeness (QED) is 0.488. The summed E-state index contributed by atoms with van der Waals surface area (Å²) in [7, 11) is 0. The molecule has 1 fully saturated rings. The van der Waals surface area contributed by atoms with Gasteiger partial charge in [0.25, 0.3) is 0 Å². The highest BCUT2D eigenvalue weighted by Crippen LogP contribution is 2.32. The average molecular weight is 414 g/mol. The second-order valence-electron chi connectivity index (χ2n) is 7.68. The summed E-state index contributed by atoms with van der Waals surface area (Å²) in [6.45, 7) is 5.73. The van der Waals surface area contributed by atoms with Crippen LogP contribution in [-0.2, 0) is 0 Å². The first-order valence-corrected chi connectivity index (χ1v) is 10.1. The Morgan fingerprint density at radius 3 is 2.90 bits per heavy atom. The van der Waals surface area contributed by atoms with Crippen LogP contribution in [0.25, 0.3) is 22.2 Å². The number of fused-ring (bicyclic) bond motifs is 1. The predicted octanol–water partition coefficient (Wildman–Crippen LogP) is 4.53. The summed E-state index contributed by atoms with van der Waals surface area (Å²) >= 11 is 5.53. The van der Waals surface area contributed by atoms with Gasteiger partial charge in [0.05, 0.1) is 6.61 Å². The van der Waals surface area contributed by atoms with Gasteiger partial charge in [-0.25, -0.2) is 0 Å². The Morgan fingerprint density at radius 1 is 1.31 bits per heavy atom. The van der Waals surface area contributed by atoms with Gasteiger partial charge < -0.3 is 19.9 Å². The summed E-state index contributed by atoms with van der Waals surface area (Å²) in [4.78, 5) is 6.50. The number of aromatic nitrogens is 2. The third-order valence-electron chi connectivity index (χ3n) is 5.01. The molecule has 2 N–H and O–H groups in total. The van der Waals surface area contributed by atoms with Gasteiger partial charge in [0.1, 0.15) is 11.8 Å². The van der Waals surface area contributed by atoms with E-state index in [1.807, 2.05) is 35.2 Å². The normalized spacial score (nSPS) is 17.4. The molecule has 0 unspecified atom stereocenters. The maximum atomic E-state index is 5.88. The van der Waals surface area contributed by atoms with E-state index in [0.717, 1.165) is 41.5 Å². The Bertz CT molecular complexity index is 1030. The maximum Gasteiger partial charge on any atom is 0.249 e. The lowest BCUT2D eigenvalue weighted by molar-refractivity contribution is 0.271. The molecule has 0 spiro atoms. The van der Waals surface area contributed by atoms with Crippen molar-refractivity contribution >= 4 is 28.5 Å². The number of benzene rings is 2. The fourth-order valence-electron chi connectivity index (χ4n) is 3.55. The van der Waals surface area contributed by atoms with E-state index >= 15 is 0 Å². The van der Waals surface area contributed by atoms with E-state index in [-0.39, 0.29) is 12.0 Å². The summed E-state index contributed by atoms with van der Waals surface area (Å²) in [5.74, 6) is 2.71. The van der Waals surface area contributed by atoms with Gasteiger partial charge in [0.15, 0.2) is 0 Å². The standard InChI is InChI=1S/C21H24ClN5O2/c1-13(2)12-28-17-8-7-14-10-16(6-5-15(14)11-17)19-24-20(29-26-19)18-4-3-9-27(18)21(23)25-22/h5-8,10-11,13,18H,3-4,9,12H2,1-2H3,(H2,23,25)/t18-/m0/s1. The second-order valence-corrected chi connectivity index (χ2v) is 7.85. The van der Waals surface area contributed by atoms with Gasteiger partial charge in [0, 0.05) is 23.9 Å². The SMILES string of the molecule is CC(C)COc1ccc2cc(-c3noc([C@@H]4CCCN4C(N)=NCl)n3)ccc2c1. The van der Waals surface area contributed by atoms with E-state index in [1.54, 1.807) is 0 Å². The molecular formula is C21H24ClN5O2. The highest BCUT2D eigenvalue weighted by molar-refractivity contribution is 6.19. The van der Waals surface area contributed by atoms with E-state index in [9.17, 15) is 0 Å². The van der Waals surface area contributed by atoms with Gasteiger partial charge in [-0.15, -0.1) is 4.51 Å². The second kappa shape index (κ2) is 8.29. The van der Waals surface area contributed by atoms with Crippen LogP contribution in [0.5, 0.6) is 5.75 Å². The number of likely N-dealkylation sites (tertiary alicyclic amines) is 1. The third-order valence-corrected chi connectivity index (χ3v) is 5.19. The number of nitrogens with zero attached hydrogens (tertiary/aromatic N) is 4. The van der Waals surface area contributed by atoms with Gasteiger partial charge in [-0.1, -0.05) is 37.2 Å². The number of halogens is 1. The summed E-state index contributed by atoms with van der Waals surface area (Å²) < 4.78 is 14.9. The molecule has 1 atom stereocenters. The molecule has 1 saturated heterocycles. The topological polar surface area (TPSA) is 89.8 Å². The van der Waals surface area contributed by atoms with Crippen molar-refractivity contribution in [1.82, 2.24) is 15.0 Å². The van der Waals surface area contributed by atoms with Crippen LogP contribution in [-0.4, -0.2) is 34.2 Å². The molecule has 7 nitrogen and oxygen atoms in total. The molecule has 1 aliphatic heterocycles. The van der Waals surface area contributed by atoms with E-state index in [2.05, 4.69) is 34.6 Å². The lowest BCUT2D eigenvalue weighted by Crippen LogP contribution is -2.36. The minimum absolute atomic E-state index is 0.0973. The van der Waals surface area contributed by atoms with Crippen LogP contribution < -0.4 is 10.5 Å². The Morgan fingerprint density at radius 2 is 2.10 bits per heavy atom. The first-order valence-electron chi connectivity index (χ1n) is 9.77. The van der Waals surface area contributed by atoms with Crippen LogP contribution in [0.15, 0.2) is 45.4 Å². The summed E-state index contributed by atoms with van der Waals surface area (Å²) in [6, 6.07) is 12.1. The largest absolute Gasteiger partial charge is 0.493 e. The zero-order valence-corrected chi connectivity index (χ0v) is 17.3. The smallest absolute Gasteiger partial charge is 0.249 e. The zero-order chi connectivity index (χ0) is 20.4. The molecule has 3 aromatic rings. The fraction of sp³-hybridized carbons (Fsp3) is 0.381. The monoisotopic (exact) mass is 413 g/mol. The van der Waals surface area contributed by atoms with E-state index < -0.39 is 0 Å². The van der Waals surface area contributed by atoms with Crippen molar-refractivity contribution in [2.24, 2.45) is 16.2 Å². The third kappa shape index (κ3) is 4.15. The van der Waals surface area contributed by atoms with Crippen LogP contribution in [0.3, 0.4) is 0 Å².